The minimum absolute atomic E-state index is 0.984. The molecule has 1 rings (SSSR count). The van der Waals surface area contributed by atoms with E-state index in [-0.39, 0.29) is 0 Å². The summed E-state index contributed by atoms with van der Waals surface area (Å²) in [6.45, 7) is 1.86. The Morgan fingerprint density at radius 3 is 2.67 bits per heavy atom. The van der Waals surface area contributed by atoms with Crippen LogP contribution in [-0.4, -0.2) is 12.7 Å². The minimum Gasteiger partial charge on any atom is -0.289 e. The Balaban J connectivity index is 2.98. The van der Waals surface area contributed by atoms with E-state index in [4.69, 9.17) is 4.55 Å². The molecule has 0 saturated carbocycles. The molecule has 0 amide bonds. The number of nitrogens with zero attached hydrogens (tertiary/aromatic N) is 1. The van der Waals surface area contributed by atoms with Crippen molar-refractivity contribution in [2.24, 2.45) is 0 Å². The Kier molecular flexibility index (Phi) is 1.68. The van der Waals surface area contributed by atoms with Crippen LogP contribution in [0, 0.1) is 6.92 Å². The van der Waals surface area contributed by atoms with Gasteiger partial charge in [-0.3, -0.25) is 8.53 Å². The number of hydrogen-bond donors (Lipinski definition) is 1. The highest BCUT2D eigenvalue weighted by atomic mass is 32.2. The molecule has 0 fully saturated rings. The maximum Gasteiger partial charge on any atom is 0.265 e. The van der Waals surface area contributed by atoms with Crippen LogP contribution in [0.15, 0.2) is 18.5 Å². The first-order chi connectivity index (χ1) is 4.20. The molecule has 1 unspecified atom stereocenters. The van der Waals surface area contributed by atoms with Crippen LogP contribution in [-0.2, 0) is 11.3 Å². The molecule has 4 heteroatoms. The van der Waals surface area contributed by atoms with E-state index < -0.39 is 11.3 Å². The molecule has 1 aromatic rings. The van der Waals surface area contributed by atoms with Gasteiger partial charge in [-0.1, -0.05) is 0 Å². The predicted octanol–water partition coefficient (Wildman–Crippen LogP) is 0.781. The molecule has 1 aromatic heterocycles. The third-order valence-corrected chi connectivity index (χ3v) is 1.58. The highest BCUT2D eigenvalue weighted by Crippen LogP contribution is 1.97. The Morgan fingerprint density at radius 2 is 2.44 bits per heavy atom. The van der Waals surface area contributed by atoms with Gasteiger partial charge in [0.15, 0.2) is 0 Å². The van der Waals surface area contributed by atoms with Crippen molar-refractivity contribution in [3.8, 4) is 0 Å². The van der Waals surface area contributed by atoms with Gasteiger partial charge in [-0.15, -0.1) is 0 Å². The Hall–Kier alpha value is -0.610. The second-order valence-electron chi connectivity index (χ2n) is 1.78. The molecule has 0 aliphatic rings. The lowest BCUT2D eigenvalue weighted by molar-refractivity contribution is 0.555. The smallest absolute Gasteiger partial charge is 0.265 e. The van der Waals surface area contributed by atoms with E-state index in [0.717, 1.165) is 5.56 Å². The molecule has 1 atom stereocenters. The molecule has 1 N–H and O–H groups in total. The van der Waals surface area contributed by atoms with Gasteiger partial charge in [-0.05, 0) is 18.6 Å². The van der Waals surface area contributed by atoms with E-state index in [1.165, 1.54) is 3.97 Å². The normalized spacial score (nSPS) is 13.6. The van der Waals surface area contributed by atoms with E-state index >= 15 is 0 Å². The molecular weight excluding hydrogens is 138 g/mol. The maximum atomic E-state index is 10.3. The lowest BCUT2D eigenvalue weighted by Crippen LogP contribution is -1.97. The van der Waals surface area contributed by atoms with Gasteiger partial charge in [-0.2, -0.15) is 0 Å². The fraction of sp³-hybridized carbons (Fsp3) is 0.200. The lowest BCUT2D eigenvalue weighted by atomic mass is 10.4. The second kappa shape index (κ2) is 2.33. The topological polar surface area (TPSA) is 42.2 Å². The third-order valence-electron chi connectivity index (χ3n) is 0.996. The highest BCUT2D eigenvalue weighted by molar-refractivity contribution is 7.77. The van der Waals surface area contributed by atoms with Crippen LogP contribution in [0.2, 0.25) is 0 Å². The van der Waals surface area contributed by atoms with Crippen LogP contribution in [0.25, 0.3) is 0 Å². The summed E-state index contributed by atoms with van der Waals surface area (Å²) in [7, 11) is 0. The number of rotatable bonds is 1. The fourth-order valence-corrected chi connectivity index (χ4v) is 0.996. The Bertz CT molecular complexity index is 231. The fourth-order valence-electron chi connectivity index (χ4n) is 0.575. The molecule has 0 radical (unpaired) electrons. The zero-order valence-electron chi connectivity index (χ0n) is 4.94. The minimum atomic E-state index is -1.89. The van der Waals surface area contributed by atoms with Crippen molar-refractivity contribution in [1.29, 1.82) is 0 Å². The largest absolute Gasteiger partial charge is 0.289 e. The number of hydrogen-bond acceptors (Lipinski definition) is 1. The van der Waals surface area contributed by atoms with Crippen molar-refractivity contribution >= 4 is 11.3 Å². The van der Waals surface area contributed by atoms with E-state index in [9.17, 15) is 4.21 Å². The van der Waals surface area contributed by atoms with E-state index in [2.05, 4.69) is 0 Å². The average molecular weight is 145 g/mol. The van der Waals surface area contributed by atoms with Crippen molar-refractivity contribution in [2.75, 3.05) is 0 Å². The number of aryl methyl sites for hydroxylation is 1. The zero-order chi connectivity index (χ0) is 6.85. The first kappa shape index (κ1) is 6.51. The molecule has 0 aliphatic heterocycles. The van der Waals surface area contributed by atoms with Gasteiger partial charge in [0.2, 0.25) is 0 Å². The molecule has 0 saturated heterocycles. The summed E-state index contributed by atoms with van der Waals surface area (Å²) < 4.78 is 20.0. The maximum absolute atomic E-state index is 10.3. The van der Waals surface area contributed by atoms with Gasteiger partial charge in [0.05, 0.1) is 0 Å². The molecule has 50 valence electrons. The second-order valence-corrected chi connectivity index (χ2v) is 2.66. The lowest BCUT2D eigenvalue weighted by Gasteiger charge is -1.89. The van der Waals surface area contributed by atoms with Gasteiger partial charge in [0.1, 0.15) is 0 Å². The Labute approximate surface area is 55.7 Å². The standard InChI is InChI=1S/C5H7NO2S/c1-5-2-3-6(4-5)9(7)8/h2-4H,1H3,(H,7,8). The van der Waals surface area contributed by atoms with Crippen molar-refractivity contribution in [2.45, 2.75) is 6.92 Å². The van der Waals surface area contributed by atoms with Gasteiger partial charge < -0.3 is 0 Å². The summed E-state index contributed by atoms with van der Waals surface area (Å²) in [5.74, 6) is 0. The van der Waals surface area contributed by atoms with Crippen LogP contribution in [0.4, 0.5) is 0 Å². The molecule has 9 heavy (non-hydrogen) atoms. The molecular formula is C5H7NO2S. The molecule has 0 spiro atoms. The molecule has 0 aliphatic carbocycles. The number of aromatic nitrogens is 1. The zero-order valence-corrected chi connectivity index (χ0v) is 5.76. The van der Waals surface area contributed by atoms with E-state index in [1.54, 1.807) is 18.5 Å². The van der Waals surface area contributed by atoms with Crippen LogP contribution in [0.5, 0.6) is 0 Å². The van der Waals surface area contributed by atoms with E-state index in [0.29, 0.717) is 0 Å². The van der Waals surface area contributed by atoms with Gasteiger partial charge >= 0.3 is 0 Å². The summed E-state index contributed by atoms with van der Waals surface area (Å²) in [4.78, 5) is 0. The van der Waals surface area contributed by atoms with Gasteiger partial charge in [0.25, 0.3) is 11.3 Å². The van der Waals surface area contributed by atoms with Crippen LogP contribution >= 0.6 is 0 Å². The summed E-state index contributed by atoms with van der Waals surface area (Å²) >= 11 is -1.89. The predicted molar refractivity (Wildman–Crippen MR) is 35.3 cm³/mol. The van der Waals surface area contributed by atoms with Crippen LogP contribution in [0.1, 0.15) is 5.56 Å². The Morgan fingerprint density at radius 1 is 1.78 bits per heavy atom. The summed E-state index contributed by atoms with van der Waals surface area (Å²) in [6.07, 6.45) is 3.17. The first-order valence-corrected chi connectivity index (χ1v) is 3.52. The SMILES string of the molecule is Cc1ccn(S(=O)O)c1. The van der Waals surface area contributed by atoms with Gasteiger partial charge in [0, 0.05) is 12.4 Å². The highest BCUT2D eigenvalue weighted by Gasteiger charge is 1.94. The van der Waals surface area contributed by atoms with E-state index in [1.807, 2.05) is 6.92 Å². The molecule has 1 heterocycles. The summed E-state index contributed by atoms with van der Waals surface area (Å²) in [6, 6.07) is 1.77. The van der Waals surface area contributed by atoms with Crippen molar-refractivity contribution in [3.63, 3.8) is 0 Å². The third kappa shape index (κ3) is 1.40. The van der Waals surface area contributed by atoms with Crippen molar-refractivity contribution < 1.29 is 8.76 Å². The summed E-state index contributed by atoms with van der Waals surface area (Å²) in [5.41, 5.74) is 0.984. The average Bonchev–Trinajstić information content (AvgIpc) is 2.14. The molecule has 0 bridgehead atoms. The van der Waals surface area contributed by atoms with Crippen molar-refractivity contribution in [3.05, 3.63) is 24.0 Å². The quantitative estimate of drug-likeness (QED) is 0.593. The summed E-state index contributed by atoms with van der Waals surface area (Å²) in [5, 5.41) is 0. The first-order valence-electron chi connectivity index (χ1n) is 2.46. The molecule has 0 aromatic carbocycles. The van der Waals surface area contributed by atoms with Crippen LogP contribution in [0.3, 0.4) is 0 Å². The monoisotopic (exact) mass is 145 g/mol. The van der Waals surface area contributed by atoms with Crippen LogP contribution < -0.4 is 0 Å². The van der Waals surface area contributed by atoms with Crippen molar-refractivity contribution in [1.82, 2.24) is 3.97 Å². The molecule has 3 nitrogen and oxygen atoms in total. The van der Waals surface area contributed by atoms with Gasteiger partial charge in [-0.25, -0.2) is 4.21 Å².